The number of amides is 1. The molecule has 168 valence electrons. The van der Waals surface area contributed by atoms with Gasteiger partial charge in [0, 0.05) is 10.2 Å². The summed E-state index contributed by atoms with van der Waals surface area (Å²) in [5.74, 6) is -11.9. The van der Waals surface area contributed by atoms with Crippen LogP contribution in [0.2, 0.25) is 0 Å². The highest BCUT2D eigenvalue weighted by Crippen LogP contribution is 2.33. The lowest BCUT2D eigenvalue weighted by atomic mass is 10.1. The normalized spacial score (nSPS) is 11.0. The summed E-state index contributed by atoms with van der Waals surface area (Å²) in [6, 6.07) is 10.8. The number of aromatic nitrogens is 1. The van der Waals surface area contributed by atoms with Crippen molar-refractivity contribution in [3.8, 4) is 11.5 Å². The van der Waals surface area contributed by atoms with Gasteiger partial charge in [-0.15, -0.1) is 0 Å². The summed E-state index contributed by atoms with van der Waals surface area (Å²) in [6.07, 6.45) is 0. The zero-order valence-corrected chi connectivity index (χ0v) is 18.4. The lowest BCUT2D eigenvalue weighted by Crippen LogP contribution is -2.34. The van der Waals surface area contributed by atoms with E-state index in [1.54, 1.807) is 24.3 Å². The first-order valence-electron chi connectivity index (χ1n) is 8.96. The molecular formula is C21H9BrF5N3O2S. The molecule has 0 saturated carbocycles. The van der Waals surface area contributed by atoms with E-state index in [1.165, 1.54) is 18.2 Å². The van der Waals surface area contributed by atoms with E-state index < -0.39 is 46.4 Å². The van der Waals surface area contributed by atoms with E-state index in [2.05, 4.69) is 31.5 Å². The molecule has 1 amide bonds. The second kappa shape index (κ2) is 8.87. The van der Waals surface area contributed by atoms with Crippen LogP contribution in [-0.2, 0) is 0 Å². The first-order valence-corrected chi connectivity index (χ1v) is 10.2. The SMILES string of the molecule is O=C(NC(=S)Nc1ccc2oc(-c3c(F)c(F)c(F)c(F)c3F)nc2c1)c1ccccc1Br. The van der Waals surface area contributed by atoms with Gasteiger partial charge in [-0.1, -0.05) is 12.1 Å². The molecule has 0 radical (unpaired) electrons. The molecule has 0 unspecified atom stereocenters. The van der Waals surface area contributed by atoms with Crippen LogP contribution in [0.5, 0.6) is 0 Å². The molecule has 12 heteroatoms. The van der Waals surface area contributed by atoms with E-state index in [9.17, 15) is 26.7 Å². The van der Waals surface area contributed by atoms with Crippen LogP contribution in [0, 0.1) is 29.1 Å². The van der Waals surface area contributed by atoms with Gasteiger partial charge in [-0.3, -0.25) is 10.1 Å². The number of carbonyl (C=O) groups is 1. The molecule has 1 heterocycles. The summed E-state index contributed by atoms with van der Waals surface area (Å²) in [5, 5.41) is 5.17. The van der Waals surface area contributed by atoms with Crippen molar-refractivity contribution >= 4 is 56.0 Å². The number of carbonyl (C=O) groups excluding carboxylic acids is 1. The number of fused-ring (bicyclic) bond motifs is 1. The average molecular weight is 542 g/mol. The molecule has 33 heavy (non-hydrogen) atoms. The molecule has 0 aliphatic heterocycles. The van der Waals surface area contributed by atoms with Gasteiger partial charge in [-0.25, -0.2) is 26.9 Å². The van der Waals surface area contributed by atoms with Crippen LogP contribution in [0.4, 0.5) is 27.6 Å². The largest absolute Gasteiger partial charge is 0.436 e. The Bertz CT molecular complexity index is 1410. The van der Waals surface area contributed by atoms with Crippen molar-refractivity contribution in [2.24, 2.45) is 0 Å². The fourth-order valence-corrected chi connectivity index (χ4v) is 3.56. The van der Waals surface area contributed by atoms with E-state index >= 15 is 0 Å². The molecule has 0 saturated heterocycles. The topological polar surface area (TPSA) is 67.2 Å². The van der Waals surface area contributed by atoms with Gasteiger partial charge in [0.25, 0.3) is 5.91 Å². The minimum absolute atomic E-state index is 0.0164. The van der Waals surface area contributed by atoms with Crippen LogP contribution in [-0.4, -0.2) is 16.0 Å². The standard InChI is InChI=1S/C21H9BrF5N3O2S/c22-10-4-2-1-3-9(10)19(31)30-21(33)28-8-5-6-12-11(7-8)29-20(32-12)13-14(23)16(25)18(27)17(26)15(13)24/h1-7H,(H2,28,30,31,33). The maximum absolute atomic E-state index is 14.1. The summed E-state index contributed by atoms with van der Waals surface area (Å²) in [5.41, 5.74) is -0.562. The number of hydrogen-bond donors (Lipinski definition) is 2. The summed E-state index contributed by atoms with van der Waals surface area (Å²) in [7, 11) is 0. The average Bonchev–Trinajstić information content (AvgIpc) is 3.19. The van der Waals surface area contributed by atoms with Gasteiger partial charge in [-0.05, 0) is 58.5 Å². The molecule has 0 spiro atoms. The number of hydrogen-bond acceptors (Lipinski definition) is 4. The van der Waals surface area contributed by atoms with E-state index in [-0.39, 0.29) is 16.2 Å². The highest BCUT2D eigenvalue weighted by atomic mass is 79.9. The van der Waals surface area contributed by atoms with Crippen LogP contribution in [0.25, 0.3) is 22.6 Å². The molecule has 3 aromatic carbocycles. The van der Waals surface area contributed by atoms with Crippen molar-refractivity contribution in [2.45, 2.75) is 0 Å². The maximum Gasteiger partial charge on any atom is 0.258 e. The van der Waals surface area contributed by atoms with Crippen LogP contribution >= 0.6 is 28.1 Å². The van der Waals surface area contributed by atoms with Crippen LogP contribution in [0.3, 0.4) is 0 Å². The van der Waals surface area contributed by atoms with Gasteiger partial charge >= 0.3 is 0 Å². The molecule has 1 aromatic heterocycles. The zero-order valence-electron chi connectivity index (χ0n) is 16.0. The van der Waals surface area contributed by atoms with E-state index in [4.69, 9.17) is 16.6 Å². The summed E-state index contributed by atoms with van der Waals surface area (Å²) in [4.78, 5) is 16.2. The first-order chi connectivity index (χ1) is 15.7. The van der Waals surface area contributed by atoms with E-state index in [0.29, 0.717) is 15.7 Å². The van der Waals surface area contributed by atoms with Crippen LogP contribution < -0.4 is 10.6 Å². The molecule has 5 nitrogen and oxygen atoms in total. The number of benzene rings is 3. The van der Waals surface area contributed by atoms with Crippen LogP contribution in [0.1, 0.15) is 10.4 Å². The molecule has 2 N–H and O–H groups in total. The fourth-order valence-electron chi connectivity index (χ4n) is 2.88. The minimum atomic E-state index is -2.28. The highest BCUT2D eigenvalue weighted by molar-refractivity contribution is 9.10. The van der Waals surface area contributed by atoms with Gasteiger partial charge in [0.05, 0.1) is 5.56 Å². The Hall–Kier alpha value is -3.38. The molecule has 0 aliphatic carbocycles. The quantitative estimate of drug-likeness (QED) is 0.142. The first kappa shape index (κ1) is 22.8. The second-order valence-electron chi connectivity index (χ2n) is 6.53. The van der Waals surface area contributed by atoms with Crippen LogP contribution in [0.15, 0.2) is 51.4 Å². The van der Waals surface area contributed by atoms with Gasteiger partial charge in [0.15, 0.2) is 34.0 Å². The minimum Gasteiger partial charge on any atom is -0.436 e. The van der Waals surface area contributed by atoms with Crippen molar-refractivity contribution in [1.29, 1.82) is 0 Å². The Morgan fingerprint density at radius 1 is 0.939 bits per heavy atom. The Morgan fingerprint density at radius 3 is 2.24 bits per heavy atom. The van der Waals surface area contributed by atoms with Crippen molar-refractivity contribution < 1.29 is 31.2 Å². The molecule has 0 bridgehead atoms. The fraction of sp³-hybridized carbons (Fsp3) is 0. The number of nitrogens with one attached hydrogen (secondary N) is 2. The number of oxazole rings is 1. The van der Waals surface area contributed by atoms with Crippen molar-refractivity contribution in [3.05, 3.63) is 81.6 Å². The molecule has 4 aromatic rings. The van der Waals surface area contributed by atoms with Gasteiger partial charge in [0.2, 0.25) is 11.7 Å². The smallest absolute Gasteiger partial charge is 0.258 e. The van der Waals surface area contributed by atoms with Gasteiger partial charge < -0.3 is 9.73 Å². The zero-order chi connectivity index (χ0) is 23.9. The lowest BCUT2D eigenvalue weighted by molar-refractivity contribution is 0.0977. The Balaban J connectivity index is 1.59. The number of thiocarbonyl (C=S) groups is 1. The third-order valence-electron chi connectivity index (χ3n) is 4.41. The highest BCUT2D eigenvalue weighted by Gasteiger charge is 2.29. The number of anilines is 1. The lowest BCUT2D eigenvalue weighted by Gasteiger charge is -2.10. The third kappa shape index (κ3) is 4.31. The Morgan fingerprint density at radius 2 is 1.58 bits per heavy atom. The molecule has 0 atom stereocenters. The predicted molar refractivity (Wildman–Crippen MR) is 117 cm³/mol. The Kier molecular flexibility index (Phi) is 6.13. The van der Waals surface area contributed by atoms with E-state index in [1.807, 2.05) is 0 Å². The van der Waals surface area contributed by atoms with E-state index in [0.717, 1.165) is 0 Å². The molecule has 4 rings (SSSR count). The maximum atomic E-state index is 14.1. The summed E-state index contributed by atoms with van der Waals surface area (Å²) >= 11 is 8.38. The van der Waals surface area contributed by atoms with Gasteiger partial charge in [0.1, 0.15) is 11.1 Å². The second-order valence-corrected chi connectivity index (χ2v) is 7.80. The molecule has 0 aliphatic rings. The predicted octanol–water partition coefficient (Wildman–Crippen LogP) is 6.08. The van der Waals surface area contributed by atoms with Gasteiger partial charge in [-0.2, -0.15) is 0 Å². The third-order valence-corrected chi connectivity index (χ3v) is 5.31. The summed E-state index contributed by atoms with van der Waals surface area (Å²) < 4.78 is 74.2. The monoisotopic (exact) mass is 541 g/mol. The molecular weight excluding hydrogens is 533 g/mol. The summed E-state index contributed by atoms with van der Waals surface area (Å²) in [6.45, 7) is 0. The molecule has 0 fully saturated rings. The number of nitrogens with zero attached hydrogens (tertiary/aromatic N) is 1. The van der Waals surface area contributed by atoms with Crippen molar-refractivity contribution in [1.82, 2.24) is 10.3 Å². The number of rotatable bonds is 3. The number of halogens is 6. The van der Waals surface area contributed by atoms with Crippen molar-refractivity contribution in [2.75, 3.05) is 5.32 Å². The van der Waals surface area contributed by atoms with Crippen molar-refractivity contribution in [3.63, 3.8) is 0 Å². The Labute approximate surface area is 195 Å².